The standard InChI is InChI=1S/C20H20FN3O2/c21-16-3-1-15(2-4-16)19-7-6-18(26-19)14-23-20-8-5-17(13-22-20)24-9-11-25-12-10-24/h1-8,13H,9-12,14H2,(H,22,23). The van der Waals surface area contributed by atoms with E-state index < -0.39 is 0 Å². The molecule has 1 N–H and O–H groups in total. The molecule has 5 nitrogen and oxygen atoms in total. The number of nitrogens with one attached hydrogen (secondary N) is 1. The maximum Gasteiger partial charge on any atom is 0.134 e. The van der Waals surface area contributed by atoms with Crippen LogP contribution in [0.3, 0.4) is 0 Å². The number of rotatable bonds is 5. The van der Waals surface area contributed by atoms with Crippen molar-refractivity contribution >= 4 is 11.5 Å². The van der Waals surface area contributed by atoms with Crippen molar-refractivity contribution in [3.63, 3.8) is 0 Å². The van der Waals surface area contributed by atoms with Crippen LogP contribution >= 0.6 is 0 Å². The largest absolute Gasteiger partial charge is 0.459 e. The zero-order valence-electron chi connectivity index (χ0n) is 14.3. The molecule has 6 heteroatoms. The number of hydrogen-bond acceptors (Lipinski definition) is 5. The summed E-state index contributed by atoms with van der Waals surface area (Å²) in [6, 6.07) is 14.1. The molecule has 2 aromatic heterocycles. The van der Waals surface area contributed by atoms with Gasteiger partial charge in [0.15, 0.2) is 0 Å². The lowest BCUT2D eigenvalue weighted by Crippen LogP contribution is -2.36. The molecule has 0 radical (unpaired) electrons. The van der Waals surface area contributed by atoms with E-state index in [1.807, 2.05) is 24.4 Å². The van der Waals surface area contributed by atoms with Crippen molar-refractivity contribution in [2.45, 2.75) is 6.54 Å². The molecule has 1 saturated heterocycles. The molecule has 3 heterocycles. The van der Waals surface area contributed by atoms with E-state index >= 15 is 0 Å². The first-order valence-electron chi connectivity index (χ1n) is 8.65. The summed E-state index contributed by atoms with van der Waals surface area (Å²) in [5.74, 6) is 2.05. The minimum atomic E-state index is -0.256. The van der Waals surface area contributed by atoms with Crippen molar-refractivity contribution in [1.82, 2.24) is 4.98 Å². The normalized spacial score (nSPS) is 14.4. The van der Waals surface area contributed by atoms with Gasteiger partial charge in [-0.05, 0) is 48.5 Å². The predicted octanol–water partition coefficient (Wildman–Crippen LogP) is 3.93. The average molecular weight is 353 g/mol. The van der Waals surface area contributed by atoms with Crippen LogP contribution in [0.1, 0.15) is 5.76 Å². The topological polar surface area (TPSA) is 50.5 Å². The SMILES string of the molecule is Fc1ccc(-c2ccc(CNc3ccc(N4CCOCC4)cn3)o2)cc1. The van der Waals surface area contributed by atoms with Gasteiger partial charge >= 0.3 is 0 Å². The summed E-state index contributed by atoms with van der Waals surface area (Å²) in [6.45, 7) is 3.84. The molecular weight excluding hydrogens is 333 g/mol. The van der Waals surface area contributed by atoms with Crippen LogP contribution < -0.4 is 10.2 Å². The first-order valence-corrected chi connectivity index (χ1v) is 8.65. The molecule has 26 heavy (non-hydrogen) atoms. The van der Waals surface area contributed by atoms with E-state index in [-0.39, 0.29) is 5.82 Å². The number of hydrogen-bond donors (Lipinski definition) is 1. The molecule has 0 saturated carbocycles. The Labute approximate surface area is 151 Å². The molecule has 4 rings (SSSR count). The Kier molecular flexibility index (Phi) is 4.84. The predicted molar refractivity (Wildman–Crippen MR) is 98.7 cm³/mol. The van der Waals surface area contributed by atoms with Gasteiger partial charge in [-0.3, -0.25) is 0 Å². The smallest absolute Gasteiger partial charge is 0.134 e. The van der Waals surface area contributed by atoms with Gasteiger partial charge in [-0.15, -0.1) is 0 Å². The van der Waals surface area contributed by atoms with E-state index in [1.54, 1.807) is 12.1 Å². The second kappa shape index (κ2) is 7.58. The lowest BCUT2D eigenvalue weighted by molar-refractivity contribution is 0.122. The minimum absolute atomic E-state index is 0.256. The Morgan fingerprint density at radius 2 is 1.81 bits per heavy atom. The monoisotopic (exact) mass is 353 g/mol. The number of pyridine rings is 1. The lowest BCUT2D eigenvalue weighted by atomic mass is 10.2. The molecule has 1 aliphatic heterocycles. The summed E-state index contributed by atoms with van der Waals surface area (Å²) in [6.07, 6.45) is 1.87. The number of benzene rings is 1. The lowest BCUT2D eigenvalue weighted by Gasteiger charge is -2.28. The second-order valence-electron chi connectivity index (χ2n) is 6.13. The van der Waals surface area contributed by atoms with Crippen molar-refractivity contribution < 1.29 is 13.5 Å². The van der Waals surface area contributed by atoms with Crippen LogP contribution in [0.15, 0.2) is 59.1 Å². The van der Waals surface area contributed by atoms with Crippen molar-refractivity contribution in [3.05, 3.63) is 66.3 Å². The molecule has 134 valence electrons. The Morgan fingerprint density at radius 1 is 1.00 bits per heavy atom. The minimum Gasteiger partial charge on any atom is -0.459 e. The number of morpholine rings is 1. The molecule has 0 amide bonds. The average Bonchev–Trinajstić information content (AvgIpc) is 3.17. The van der Waals surface area contributed by atoms with Gasteiger partial charge in [-0.25, -0.2) is 9.37 Å². The zero-order valence-corrected chi connectivity index (χ0v) is 14.3. The van der Waals surface area contributed by atoms with Crippen molar-refractivity contribution in [2.75, 3.05) is 36.5 Å². The third-order valence-electron chi connectivity index (χ3n) is 4.36. The van der Waals surface area contributed by atoms with Gasteiger partial charge < -0.3 is 19.4 Å². The number of halogens is 1. The van der Waals surface area contributed by atoms with Gasteiger partial charge in [0.1, 0.15) is 23.2 Å². The van der Waals surface area contributed by atoms with Gasteiger partial charge in [0, 0.05) is 18.7 Å². The van der Waals surface area contributed by atoms with Crippen LogP contribution in [0.25, 0.3) is 11.3 Å². The molecule has 0 atom stereocenters. The molecule has 3 aromatic rings. The molecule has 0 aliphatic carbocycles. The van der Waals surface area contributed by atoms with E-state index in [4.69, 9.17) is 9.15 Å². The molecule has 0 spiro atoms. The second-order valence-corrected chi connectivity index (χ2v) is 6.13. The van der Waals surface area contributed by atoms with Crippen molar-refractivity contribution in [3.8, 4) is 11.3 Å². The quantitative estimate of drug-likeness (QED) is 0.753. The highest BCUT2D eigenvalue weighted by Gasteiger charge is 2.11. The molecule has 1 fully saturated rings. The number of nitrogens with zero attached hydrogens (tertiary/aromatic N) is 2. The number of ether oxygens (including phenoxy) is 1. The molecule has 1 aromatic carbocycles. The number of furan rings is 1. The van der Waals surface area contributed by atoms with Crippen LogP contribution in [-0.4, -0.2) is 31.3 Å². The van der Waals surface area contributed by atoms with Crippen molar-refractivity contribution in [2.24, 2.45) is 0 Å². The summed E-state index contributed by atoms with van der Waals surface area (Å²) < 4.78 is 24.2. The van der Waals surface area contributed by atoms with Crippen LogP contribution in [0.5, 0.6) is 0 Å². The van der Waals surface area contributed by atoms with Crippen LogP contribution in [-0.2, 0) is 11.3 Å². The third-order valence-corrected chi connectivity index (χ3v) is 4.36. The number of aromatic nitrogens is 1. The maximum atomic E-state index is 13.0. The van der Waals surface area contributed by atoms with Gasteiger partial charge in [0.05, 0.1) is 31.6 Å². The zero-order chi connectivity index (χ0) is 17.8. The maximum absolute atomic E-state index is 13.0. The third kappa shape index (κ3) is 3.86. The van der Waals surface area contributed by atoms with E-state index in [1.165, 1.54) is 12.1 Å². The Morgan fingerprint density at radius 3 is 2.54 bits per heavy atom. The van der Waals surface area contributed by atoms with Crippen LogP contribution in [0.4, 0.5) is 15.9 Å². The van der Waals surface area contributed by atoms with E-state index in [2.05, 4.69) is 21.3 Å². The summed E-state index contributed by atoms with van der Waals surface area (Å²) >= 11 is 0. The fraction of sp³-hybridized carbons (Fsp3) is 0.250. The van der Waals surface area contributed by atoms with E-state index in [0.29, 0.717) is 6.54 Å². The molecule has 1 aliphatic rings. The van der Waals surface area contributed by atoms with Crippen LogP contribution in [0.2, 0.25) is 0 Å². The van der Waals surface area contributed by atoms with Gasteiger partial charge in [-0.2, -0.15) is 0 Å². The fourth-order valence-electron chi connectivity index (χ4n) is 2.92. The van der Waals surface area contributed by atoms with Gasteiger partial charge in [-0.1, -0.05) is 0 Å². The highest BCUT2D eigenvalue weighted by atomic mass is 19.1. The van der Waals surface area contributed by atoms with Gasteiger partial charge in [0.2, 0.25) is 0 Å². The summed E-state index contributed by atoms with van der Waals surface area (Å²) in [4.78, 5) is 6.73. The Balaban J connectivity index is 1.36. The van der Waals surface area contributed by atoms with E-state index in [9.17, 15) is 4.39 Å². The summed E-state index contributed by atoms with van der Waals surface area (Å²) in [5, 5.41) is 3.26. The highest BCUT2D eigenvalue weighted by molar-refractivity contribution is 5.57. The molecular formula is C20H20FN3O2. The first kappa shape index (κ1) is 16.6. The first-order chi connectivity index (χ1) is 12.8. The molecule has 0 bridgehead atoms. The summed E-state index contributed by atoms with van der Waals surface area (Å²) in [5.41, 5.74) is 1.96. The molecule has 0 unspecified atom stereocenters. The fourth-order valence-corrected chi connectivity index (χ4v) is 2.92. The number of anilines is 2. The van der Waals surface area contributed by atoms with Crippen LogP contribution in [0, 0.1) is 5.82 Å². The summed E-state index contributed by atoms with van der Waals surface area (Å²) in [7, 11) is 0. The Bertz CT molecular complexity index is 840. The van der Waals surface area contributed by atoms with Gasteiger partial charge in [0.25, 0.3) is 0 Å². The highest BCUT2D eigenvalue weighted by Crippen LogP contribution is 2.23. The van der Waals surface area contributed by atoms with E-state index in [0.717, 1.165) is 54.9 Å². The van der Waals surface area contributed by atoms with Crippen molar-refractivity contribution in [1.29, 1.82) is 0 Å². The Hall–Kier alpha value is -2.86.